The number of hydrogen-bond donors (Lipinski definition) is 1. The zero-order valence-corrected chi connectivity index (χ0v) is 12.2. The minimum absolute atomic E-state index is 0.0234. The summed E-state index contributed by atoms with van der Waals surface area (Å²) in [6.07, 6.45) is -3.46. The number of benzene rings is 1. The molecule has 4 nitrogen and oxygen atoms in total. The smallest absolute Gasteiger partial charge is 0.255 e. The van der Waals surface area contributed by atoms with Crippen LogP contribution in [0.2, 0.25) is 0 Å². The molecule has 1 atom stereocenters. The molecule has 1 unspecified atom stereocenters. The van der Waals surface area contributed by atoms with Crippen molar-refractivity contribution in [3.8, 4) is 5.75 Å². The van der Waals surface area contributed by atoms with Crippen LogP contribution in [0.1, 0.15) is 34.3 Å². The highest BCUT2D eigenvalue weighted by Crippen LogP contribution is 2.42. The van der Waals surface area contributed by atoms with Gasteiger partial charge in [0, 0.05) is 30.4 Å². The Morgan fingerprint density at radius 2 is 1.95 bits per heavy atom. The number of alkyl halides is 3. The lowest BCUT2D eigenvalue weighted by molar-refractivity contribution is -0.134. The Bertz CT molecular complexity index is 698. The monoisotopic (exact) mass is 334 g/mol. The quantitative estimate of drug-likeness (QED) is 0.856. The Labute approximate surface area is 126 Å². The van der Waals surface area contributed by atoms with Crippen molar-refractivity contribution < 1.29 is 31.1 Å². The van der Waals surface area contributed by atoms with Crippen LogP contribution in [-0.4, -0.2) is 32.4 Å². The number of halogens is 3. The maximum Gasteiger partial charge on any atom is 0.255 e. The largest absolute Gasteiger partial charge is 0.490 e. The van der Waals surface area contributed by atoms with E-state index in [9.17, 15) is 26.4 Å². The Morgan fingerprint density at radius 1 is 1.27 bits per heavy atom. The third-order valence-electron chi connectivity index (χ3n) is 3.92. The van der Waals surface area contributed by atoms with Crippen LogP contribution in [0.5, 0.6) is 5.75 Å². The minimum Gasteiger partial charge on any atom is -0.490 e. The molecule has 8 heteroatoms. The number of rotatable bonds is 4. The highest BCUT2D eigenvalue weighted by Gasteiger charge is 2.47. The summed E-state index contributed by atoms with van der Waals surface area (Å²) in [6.45, 7) is 0. The lowest BCUT2D eigenvalue weighted by Gasteiger charge is -2.35. The number of carbonyl (C=O) groups is 1. The number of carbonyl (C=O) groups excluding carboxylic acids is 1. The fraction of sp³-hybridized carbons (Fsp3) is 0.500. The van der Waals surface area contributed by atoms with Crippen LogP contribution in [0.25, 0.3) is 0 Å². The number of ether oxygens (including phenoxy) is 1. The van der Waals surface area contributed by atoms with Gasteiger partial charge in [-0.1, -0.05) is 6.07 Å². The first-order valence-electron chi connectivity index (χ1n) is 6.76. The SMILES string of the molecule is O=C1c2c(C[SH](=O)=O)ccc(OC3CC(F)(F)C3)c2CC1F. The van der Waals surface area contributed by atoms with Crippen LogP contribution < -0.4 is 4.74 Å². The van der Waals surface area contributed by atoms with Gasteiger partial charge in [-0.2, -0.15) is 0 Å². The molecule has 0 radical (unpaired) electrons. The molecule has 1 saturated carbocycles. The van der Waals surface area contributed by atoms with Crippen molar-refractivity contribution >= 4 is 16.5 Å². The summed E-state index contributed by atoms with van der Waals surface area (Å²) >= 11 is 0. The Balaban J connectivity index is 1.92. The number of ketones is 1. The number of fused-ring (bicyclic) bond motifs is 1. The highest BCUT2D eigenvalue weighted by atomic mass is 32.2. The van der Waals surface area contributed by atoms with Gasteiger partial charge in [0.1, 0.15) is 22.6 Å². The van der Waals surface area contributed by atoms with Crippen LogP contribution in [0.3, 0.4) is 0 Å². The summed E-state index contributed by atoms with van der Waals surface area (Å²) in [5, 5.41) is 0. The van der Waals surface area contributed by atoms with Gasteiger partial charge in [-0.05, 0) is 11.6 Å². The highest BCUT2D eigenvalue weighted by molar-refractivity contribution is 7.71. The minimum atomic E-state index is -2.76. The van der Waals surface area contributed by atoms with Crippen molar-refractivity contribution in [2.24, 2.45) is 0 Å². The number of hydrogen-bond acceptors (Lipinski definition) is 4. The van der Waals surface area contributed by atoms with Gasteiger partial charge < -0.3 is 4.74 Å². The number of thiol groups is 1. The summed E-state index contributed by atoms with van der Waals surface area (Å²) in [5.41, 5.74) is 0.528. The fourth-order valence-electron chi connectivity index (χ4n) is 2.87. The Kier molecular flexibility index (Phi) is 3.66. The molecule has 1 aromatic carbocycles. The average Bonchev–Trinajstić information content (AvgIpc) is 2.67. The first kappa shape index (κ1) is 15.3. The van der Waals surface area contributed by atoms with Gasteiger partial charge in [0.15, 0.2) is 12.0 Å². The van der Waals surface area contributed by atoms with E-state index >= 15 is 0 Å². The number of Topliss-reactive ketones (excluding diaryl/α,β-unsaturated/α-hetero) is 1. The summed E-state index contributed by atoms with van der Waals surface area (Å²) in [5.74, 6) is -3.69. The second kappa shape index (κ2) is 5.26. The zero-order chi connectivity index (χ0) is 16.1. The first-order chi connectivity index (χ1) is 10.3. The molecule has 0 N–H and O–H groups in total. The van der Waals surface area contributed by atoms with Crippen LogP contribution in [0.15, 0.2) is 12.1 Å². The average molecular weight is 334 g/mol. The third-order valence-corrected chi connectivity index (χ3v) is 4.52. The van der Waals surface area contributed by atoms with E-state index in [1.54, 1.807) is 0 Å². The molecule has 0 heterocycles. The van der Waals surface area contributed by atoms with Crippen LogP contribution in [0, 0.1) is 0 Å². The van der Waals surface area contributed by atoms with Crippen LogP contribution in [0.4, 0.5) is 13.2 Å². The molecule has 0 amide bonds. The topological polar surface area (TPSA) is 60.4 Å². The lowest BCUT2D eigenvalue weighted by atomic mass is 9.90. The first-order valence-corrected chi connectivity index (χ1v) is 8.12. The maximum atomic E-state index is 13.7. The van der Waals surface area contributed by atoms with Gasteiger partial charge in [-0.15, -0.1) is 0 Å². The predicted octanol–water partition coefficient (Wildman–Crippen LogP) is 2.05. The van der Waals surface area contributed by atoms with Crippen molar-refractivity contribution in [3.63, 3.8) is 0 Å². The van der Waals surface area contributed by atoms with Crippen molar-refractivity contribution in [1.29, 1.82) is 0 Å². The van der Waals surface area contributed by atoms with E-state index in [0.29, 0.717) is 0 Å². The molecule has 120 valence electrons. The van der Waals surface area contributed by atoms with Gasteiger partial charge >= 0.3 is 0 Å². The molecule has 3 rings (SSSR count). The van der Waals surface area contributed by atoms with Gasteiger partial charge in [0.2, 0.25) is 0 Å². The van der Waals surface area contributed by atoms with Crippen LogP contribution in [-0.2, 0) is 22.9 Å². The Morgan fingerprint density at radius 3 is 2.55 bits per heavy atom. The van der Waals surface area contributed by atoms with E-state index in [2.05, 4.69) is 0 Å². The van der Waals surface area contributed by atoms with Crippen molar-refractivity contribution in [2.75, 3.05) is 0 Å². The van der Waals surface area contributed by atoms with Gasteiger partial charge in [0.05, 0.1) is 5.75 Å². The summed E-state index contributed by atoms with van der Waals surface area (Å²) < 4.78 is 66.5. The standard InChI is InChI=1S/C14H13F3O4S/c15-10-3-9-11(21-8-4-14(16,17)5-8)2-1-7(6-22(19)20)12(9)13(10)18/h1-2,8,10,22H,3-6H2. The van der Waals surface area contributed by atoms with E-state index in [4.69, 9.17) is 4.74 Å². The van der Waals surface area contributed by atoms with E-state index in [1.165, 1.54) is 12.1 Å². The molecule has 0 saturated heterocycles. The fourth-order valence-corrected chi connectivity index (χ4v) is 3.41. The molecule has 0 bridgehead atoms. The normalized spacial score (nSPS) is 23.5. The molecule has 2 aliphatic carbocycles. The summed E-state index contributed by atoms with van der Waals surface area (Å²) in [6, 6.07) is 2.81. The zero-order valence-electron chi connectivity index (χ0n) is 11.4. The summed E-state index contributed by atoms with van der Waals surface area (Å²) in [7, 11) is -2.76. The second-order valence-electron chi connectivity index (χ2n) is 5.61. The van der Waals surface area contributed by atoms with Gasteiger partial charge in [-0.3, -0.25) is 4.79 Å². The molecule has 2 aliphatic rings. The molecule has 0 aliphatic heterocycles. The van der Waals surface area contributed by atoms with E-state index in [1.807, 2.05) is 0 Å². The lowest BCUT2D eigenvalue weighted by Crippen LogP contribution is -2.43. The van der Waals surface area contributed by atoms with Gasteiger partial charge in [-0.25, -0.2) is 21.6 Å². The second-order valence-corrected chi connectivity index (χ2v) is 6.59. The molecule has 0 aromatic heterocycles. The third kappa shape index (κ3) is 2.71. The molecular weight excluding hydrogens is 321 g/mol. The molecular formula is C14H13F3O4S. The molecule has 1 aromatic rings. The Hall–Kier alpha value is -1.57. The molecule has 1 fully saturated rings. The van der Waals surface area contributed by atoms with E-state index in [0.717, 1.165) is 0 Å². The van der Waals surface area contributed by atoms with Crippen molar-refractivity contribution in [1.82, 2.24) is 0 Å². The summed E-state index contributed by atoms with van der Waals surface area (Å²) in [4.78, 5) is 11.9. The van der Waals surface area contributed by atoms with E-state index < -0.39 is 47.5 Å². The van der Waals surface area contributed by atoms with Crippen molar-refractivity contribution in [3.05, 3.63) is 28.8 Å². The van der Waals surface area contributed by atoms with Crippen molar-refractivity contribution in [2.45, 2.75) is 43.2 Å². The predicted molar refractivity (Wildman–Crippen MR) is 72.0 cm³/mol. The van der Waals surface area contributed by atoms with Gasteiger partial charge in [0.25, 0.3) is 5.92 Å². The molecule has 0 spiro atoms. The van der Waals surface area contributed by atoms with E-state index in [-0.39, 0.29) is 34.6 Å². The van der Waals surface area contributed by atoms with Crippen LogP contribution >= 0.6 is 0 Å². The maximum absolute atomic E-state index is 13.7. The molecule has 22 heavy (non-hydrogen) atoms.